The number of pyridine rings is 1. The number of fused-ring (bicyclic) bond motifs is 7. The molecule has 228 valence electrons. The third-order valence-corrected chi connectivity index (χ3v) is 10.0. The first-order chi connectivity index (χ1) is 24.3. The Morgan fingerprint density at radius 2 is 0.939 bits per heavy atom. The van der Waals surface area contributed by atoms with Gasteiger partial charge in [0, 0.05) is 39.8 Å². The smallest absolute Gasteiger partial charge is 0.0619 e. The van der Waals surface area contributed by atoms with E-state index in [-0.39, 0.29) is 0 Å². The minimum atomic E-state index is 1.11. The van der Waals surface area contributed by atoms with E-state index < -0.39 is 0 Å². The fourth-order valence-corrected chi connectivity index (χ4v) is 7.91. The molecule has 0 aliphatic rings. The number of rotatable bonds is 4. The molecule has 2 heteroatoms. The average Bonchev–Trinajstić information content (AvgIpc) is 3.52. The highest BCUT2D eigenvalue weighted by Gasteiger charge is 2.19. The summed E-state index contributed by atoms with van der Waals surface area (Å²) in [7, 11) is 0. The quantitative estimate of drug-likeness (QED) is 0.179. The van der Waals surface area contributed by atoms with Crippen LogP contribution in [0.1, 0.15) is 0 Å². The average molecular weight is 623 g/mol. The van der Waals surface area contributed by atoms with Gasteiger partial charge in [-0.1, -0.05) is 140 Å². The Hall–Kier alpha value is -6.51. The molecule has 10 rings (SSSR count). The van der Waals surface area contributed by atoms with E-state index in [2.05, 4.69) is 173 Å². The summed E-state index contributed by atoms with van der Waals surface area (Å²) in [5.74, 6) is 0. The molecule has 10 aromatic rings. The van der Waals surface area contributed by atoms with E-state index in [0.717, 1.165) is 16.8 Å². The highest BCUT2D eigenvalue weighted by Crippen LogP contribution is 2.45. The second-order valence-electron chi connectivity index (χ2n) is 12.7. The molecule has 0 unspecified atom stereocenters. The van der Waals surface area contributed by atoms with Gasteiger partial charge in [0.15, 0.2) is 0 Å². The molecule has 0 radical (unpaired) electrons. The van der Waals surface area contributed by atoms with Crippen LogP contribution in [-0.4, -0.2) is 9.55 Å². The van der Waals surface area contributed by atoms with Crippen LogP contribution in [0.4, 0.5) is 0 Å². The highest BCUT2D eigenvalue weighted by molar-refractivity contribution is 6.23. The summed E-state index contributed by atoms with van der Waals surface area (Å²) in [5.41, 5.74) is 10.9. The van der Waals surface area contributed by atoms with E-state index in [9.17, 15) is 0 Å². The van der Waals surface area contributed by atoms with E-state index in [4.69, 9.17) is 0 Å². The second kappa shape index (κ2) is 11.0. The van der Waals surface area contributed by atoms with Gasteiger partial charge in [-0.3, -0.25) is 4.98 Å². The van der Waals surface area contributed by atoms with E-state index in [1.165, 1.54) is 76.4 Å². The monoisotopic (exact) mass is 622 g/mol. The molecule has 0 bridgehead atoms. The predicted molar refractivity (Wildman–Crippen MR) is 207 cm³/mol. The summed E-state index contributed by atoms with van der Waals surface area (Å²) in [6.45, 7) is 0. The minimum absolute atomic E-state index is 1.11. The van der Waals surface area contributed by atoms with Gasteiger partial charge in [0.25, 0.3) is 0 Å². The number of nitrogens with zero attached hydrogens (tertiary/aromatic N) is 2. The number of benzene rings is 8. The van der Waals surface area contributed by atoms with Crippen LogP contribution >= 0.6 is 0 Å². The lowest BCUT2D eigenvalue weighted by molar-refractivity contribution is 1.19. The Bertz CT molecular complexity index is 2790. The van der Waals surface area contributed by atoms with Gasteiger partial charge in [-0.15, -0.1) is 0 Å². The van der Waals surface area contributed by atoms with Crippen LogP contribution in [0.25, 0.3) is 93.2 Å². The molecule has 0 fully saturated rings. The van der Waals surface area contributed by atoms with Crippen LogP contribution in [0, 0.1) is 0 Å². The van der Waals surface area contributed by atoms with Crippen molar-refractivity contribution < 1.29 is 0 Å². The van der Waals surface area contributed by atoms with Crippen molar-refractivity contribution in [2.24, 2.45) is 0 Å². The Kier molecular flexibility index (Phi) is 6.22. The van der Waals surface area contributed by atoms with Crippen molar-refractivity contribution >= 4 is 54.1 Å². The summed E-state index contributed by atoms with van der Waals surface area (Å²) >= 11 is 0. The molecule has 0 saturated heterocycles. The zero-order valence-corrected chi connectivity index (χ0v) is 26.7. The summed E-state index contributed by atoms with van der Waals surface area (Å²) in [5, 5.41) is 10.0. The van der Waals surface area contributed by atoms with Gasteiger partial charge >= 0.3 is 0 Å². The highest BCUT2D eigenvalue weighted by atomic mass is 15.0. The molecule has 0 amide bonds. The molecule has 0 spiro atoms. The second-order valence-corrected chi connectivity index (χ2v) is 12.7. The van der Waals surface area contributed by atoms with Gasteiger partial charge in [-0.25, -0.2) is 0 Å². The third kappa shape index (κ3) is 4.31. The van der Waals surface area contributed by atoms with Crippen molar-refractivity contribution in [2.75, 3.05) is 0 Å². The molecule has 8 aromatic carbocycles. The number of aromatic nitrogens is 2. The van der Waals surface area contributed by atoms with Crippen LogP contribution in [0.3, 0.4) is 0 Å². The molecule has 0 aliphatic heterocycles. The van der Waals surface area contributed by atoms with E-state index >= 15 is 0 Å². The van der Waals surface area contributed by atoms with Gasteiger partial charge in [-0.05, 0) is 85.1 Å². The Morgan fingerprint density at radius 3 is 1.61 bits per heavy atom. The minimum Gasteiger partial charge on any atom is -0.309 e. The van der Waals surface area contributed by atoms with Crippen molar-refractivity contribution in [1.82, 2.24) is 9.55 Å². The van der Waals surface area contributed by atoms with Crippen molar-refractivity contribution in [3.05, 3.63) is 182 Å². The molecular formula is C47H30N2. The number of para-hydroxylation sites is 1. The molecule has 2 nitrogen and oxygen atoms in total. The first-order valence-corrected chi connectivity index (χ1v) is 16.8. The standard InChI is InChI=1S/C47H30N2/c1-3-12-31(13-4-1)45-39-17-7-9-19-41(39)46(42-20-10-8-18-40(42)45)34-23-24-37-33(28-34)22-26-43-38-25-21-32(35-14-11-27-48-30-35)29-44(38)49(47(37)43)36-15-5-2-6-16-36/h1-30H. The van der Waals surface area contributed by atoms with Crippen LogP contribution in [0.15, 0.2) is 182 Å². The molecule has 2 heterocycles. The fourth-order valence-electron chi connectivity index (χ4n) is 7.91. The molecule has 0 atom stereocenters. The summed E-state index contributed by atoms with van der Waals surface area (Å²) in [6, 6.07) is 61.9. The zero-order valence-electron chi connectivity index (χ0n) is 26.7. The molecular weight excluding hydrogens is 593 g/mol. The van der Waals surface area contributed by atoms with Crippen LogP contribution in [0.2, 0.25) is 0 Å². The Morgan fingerprint density at radius 1 is 0.367 bits per heavy atom. The van der Waals surface area contributed by atoms with Gasteiger partial charge in [-0.2, -0.15) is 0 Å². The van der Waals surface area contributed by atoms with Crippen LogP contribution < -0.4 is 0 Å². The first kappa shape index (κ1) is 27.6. The Labute approximate surface area is 284 Å². The van der Waals surface area contributed by atoms with Gasteiger partial charge in [0.1, 0.15) is 0 Å². The Balaban J connectivity index is 1.26. The lowest BCUT2D eigenvalue weighted by atomic mass is 9.85. The van der Waals surface area contributed by atoms with E-state index in [1.807, 2.05) is 18.5 Å². The maximum Gasteiger partial charge on any atom is 0.0619 e. The van der Waals surface area contributed by atoms with Gasteiger partial charge in [0.2, 0.25) is 0 Å². The maximum atomic E-state index is 4.39. The molecule has 0 aliphatic carbocycles. The first-order valence-electron chi connectivity index (χ1n) is 16.8. The summed E-state index contributed by atoms with van der Waals surface area (Å²) in [6.07, 6.45) is 3.76. The van der Waals surface area contributed by atoms with E-state index in [1.54, 1.807) is 0 Å². The van der Waals surface area contributed by atoms with Crippen molar-refractivity contribution in [3.63, 3.8) is 0 Å². The predicted octanol–water partition coefficient (Wildman–Crippen LogP) is 12.6. The normalized spacial score (nSPS) is 11.7. The third-order valence-electron chi connectivity index (χ3n) is 10.0. The van der Waals surface area contributed by atoms with Gasteiger partial charge < -0.3 is 4.57 Å². The topological polar surface area (TPSA) is 17.8 Å². The zero-order chi connectivity index (χ0) is 32.3. The number of hydrogen-bond donors (Lipinski definition) is 0. The molecule has 0 saturated carbocycles. The fraction of sp³-hybridized carbons (Fsp3) is 0. The van der Waals surface area contributed by atoms with Crippen LogP contribution in [-0.2, 0) is 0 Å². The molecule has 0 N–H and O–H groups in total. The van der Waals surface area contributed by atoms with Crippen molar-refractivity contribution in [1.29, 1.82) is 0 Å². The summed E-state index contributed by atoms with van der Waals surface area (Å²) < 4.78 is 2.44. The SMILES string of the molecule is c1ccc(-c2c3ccccc3c(-c3ccc4c(ccc5c6ccc(-c7cccnc7)cc6n(-c6ccccc6)c45)c3)c3ccccc23)cc1. The van der Waals surface area contributed by atoms with Crippen LogP contribution in [0.5, 0.6) is 0 Å². The lowest BCUT2D eigenvalue weighted by Gasteiger charge is -2.18. The largest absolute Gasteiger partial charge is 0.309 e. The lowest BCUT2D eigenvalue weighted by Crippen LogP contribution is -1.95. The van der Waals surface area contributed by atoms with Gasteiger partial charge in [0.05, 0.1) is 11.0 Å². The number of hydrogen-bond acceptors (Lipinski definition) is 1. The molecule has 2 aromatic heterocycles. The van der Waals surface area contributed by atoms with E-state index in [0.29, 0.717) is 0 Å². The molecule has 49 heavy (non-hydrogen) atoms. The van der Waals surface area contributed by atoms with Crippen molar-refractivity contribution in [3.8, 4) is 39.1 Å². The summed E-state index contributed by atoms with van der Waals surface area (Å²) in [4.78, 5) is 4.39. The van der Waals surface area contributed by atoms with Crippen molar-refractivity contribution in [2.45, 2.75) is 0 Å². The maximum absolute atomic E-state index is 4.39.